The Labute approximate surface area is 111 Å². The summed E-state index contributed by atoms with van der Waals surface area (Å²) in [5.41, 5.74) is 0.856. The Morgan fingerprint density at radius 1 is 1.11 bits per heavy atom. The Balaban J connectivity index is 2.22. The predicted molar refractivity (Wildman–Crippen MR) is 70.1 cm³/mol. The van der Waals surface area contributed by atoms with Crippen molar-refractivity contribution in [3.63, 3.8) is 0 Å². The molecule has 1 aromatic carbocycles. The minimum absolute atomic E-state index is 0.0249. The highest BCUT2D eigenvalue weighted by molar-refractivity contribution is 7.86. The molecule has 0 fully saturated rings. The van der Waals surface area contributed by atoms with Gasteiger partial charge in [-0.3, -0.25) is 9.08 Å². The van der Waals surface area contributed by atoms with Gasteiger partial charge in [-0.1, -0.05) is 23.4 Å². The number of ketones is 1. The van der Waals surface area contributed by atoms with Crippen molar-refractivity contribution in [2.75, 3.05) is 0 Å². The van der Waals surface area contributed by atoms with E-state index in [1.54, 1.807) is 25.1 Å². The summed E-state index contributed by atoms with van der Waals surface area (Å²) >= 11 is 0. The van der Waals surface area contributed by atoms with Gasteiger partial charge < -0.3 is 0 Å². The Kier molecular flexibility index (Phi) is 3.62. The Hall–Kier alpha value is -2.21. The van der Waals surface area contributed by atoms with Crippen molar-refractivity contribution in [1.82, 2.24) is 0 Å². The molecule has 0 bridgehead atoms. The molecule has 0 aliphatic heterocycles. The summed E-state index contributed by atoms with van der Waals surface area (Å²) in [7, 11) is -3.93. The van der Waals surface area contributed by atoms with E-state index >= 15 is 0 Å². The number of nitrogens with zero attached hydrogens (tertiary/aromatic N) is 1. The Morgan fingerprint density at radius 2 is 1.79 bits per heavy atom. The molecule has 19 heavy (non-hydrogen) atoms. The van der Waals surface area contributed by atoms with Crippen LogP contribution in [0.4, 0.5) is 0 Å². The fourth-order valence-electron chi connectivity index (χ4n) is 1.45. The lowest BCUT2D eigenvalue weighted by molar-refractivity contribution is -0.110. The van der Waals surface area contributed by atoms with Crippen LogP contribution in [-0.4, -0.2) is 19.9 Å². The van der Waals surface area contributed by atoms with Crippen molar-refractivity contribution in [2.45, 2.75) is 11.8 Å². The van der Waals surface area contributed by atoms with Gasteiger partial charge in [0.2, 0.25) is 0 Å². The van der Waals surface area contributed by atoms with Crippen LogP contribution in [0.25, 0.3) is 0 Å². The van der Waals surface area contributed by atoms with Gasteiger partial charge in [0.15, 0.2) is 5.78 Å². The molecule has 0 N–H and O–H groups in total. The summed E-state index contributed by atoms with van der Waals surface area (Å²) in [6, 6.07) is 7.71. The molecule has 0 atom stereocenters. The van der Waals surface area contributed by atoms with Gasteiger partial charge in [-0.2, -0.15) is 8.42 Å². The van der Waals surface area contributed by atoms with Crippen LogP contribution in [0.15, 0.2) is 64.2 Å². The van der Waals surface area contributed by atoms with E-state index in [4.69, 9.17) is 0 Å². The maximum Gasteiger partial charge on any atom is 0.358 e. The quantitative estimate of drug-likeness (QED) is 0.624. The molecule has 0 spiro atoms. The van der Waals surface area contributed by atoms with Crippen molar-refractivity contribution in [3.8, 4) is 0 Å². The van der Waals surface area contributed by atoms with Gasteiger partial charge in [-0.25, -0.2) is 0 Å². The molecule has 0 unspecified atom stereocenters. The third kappa shape index (κ3) is 3.17. The van der Waals surface area contributed by atoms with Crippen LogP contribution >= 0.6 is 0 Å². The van der Waals surface area contributed by atoms with E-state index in [1.165, 1.54) is 30.4 Å². The average molecular weight is 277 g/mol. The molecule has 0 aromatic heterocycles. The molecule has 6 heteroatoms. The fourth-order valence-corrected chi connectivity index (χ4v) is 2.20. The lowest BCUT2D eigenvalue weighted by atomic mass is 10.1. The fraction of sp³-hybridized carbons (Fsp3) is 0.0769. The van der Waals surface area contributed by atoms with Gasteiger partial charge in [0.1, 0.15) is 10.6 Å². The van der Waals surface area contributed by atoms with Gasteiger partial charge in [-0.05, 0) is 42.9 Å². The van der Waals surface area contributed by atoms with E-state index in [0.717, 1.165) is 0 Å². The molecule has 1 aliphatic carbocycles. The normalized spacial score (nSPS) is 17.4. The minimum Gasteiger partial charge on any atom is -0.290 e. The highest BCUT2D eigenvalue weighted by atomic mass is 32.2. The van der Waals surface area contributed by atoms with E-state index in [1.807, 2.05) is 0 Å². The summed E-state index contributed by atoms with van der Waals surface area (Å²) in [5, 5.41) is 3.57. The molecule has 1 aliphatic rings. The van der Waals surface area contributed by atoms with Gasteiger partial charge in [0, 0.05) is 0 Å². The second kappa shape index (κ2) is 5.19. The second-order valence-electron chi connectivity index (χ2n) is 3.88. The zero-order valence-electron chi connectivity index (χ0n) is 10.1. The number of rotatable bonds is 3. The van der Waals surface area contributed by atoms with Crippen molar-refractivity contribution in [2.24, 2.45) is 5.16 Å². The van der Waals surface area contributed by atoms with Crippen LogP contribution in [0.2, 0.25) is 0 Å². The number of hydrogen-bond acceptors (Lipinski definition) is 5. The number of allylic oxidation sites excluding steroid dienone is 4. The zero-order chi connectivity index (χ0) is 13.9. The van der Waals surface area contributed by atoms with E-state index < -0.39 is 10.1 Å². The van der Waals surface area contributed by atoms with Crippen LogP contribution in [0.5, 0.6) is 0 Å². The first kappa shape index (κ1) is 13.2. The number of benzene rings is 1. The van der Waals surface area contributed by atoms with Crippen LogP contribution in [-0.2, 0) is 19.2 Å². The van der Waals surface area contributed by atoms with E-state index in [-0.39, 0.29) is 10.7 Å². The monoisotopic (exact) mass is 277 g/mol. The van der Waals surface area contributed by atoms with Crippen molar-refractivity contribution < 1.29 is 17.5 Å². The molecule has 0 radical (unpaired) electrons. The highest BCUT2D eigenvalue weighted by Crippen LogP contribution is 2.13. The van der Waals surface area contributed by atoms with Crippen LogP contribution < -0.4 is 0 Å². The topological polar surface area (TPSA) is 72.8 Å². The first-order chi connectivity index (χ1) is 8.99. The number of carbonyl (C=O) groups is 1. The molecule has 0 saturated carbocycles. The maximum atomic E-state index is 11.8. The van der Waals surface area contributed by atoms with Crippen LogP contribution in [0, 0.1) is 0 Å². The molecule has 1 aromatic rings. The summed E-state index contributed by atoms with van der Waals surface area (Å²) in [5.74, 6) is -0.164. The molecule has 2 rings (SSSR count). The summed E-state index contributed by atoms with van der Waals surface area (Å²) in [4.78, 5) is 11.1. The summed E-state index contributed by atoms with van der Waals surface area (Å²) in [6.07, 6.45) is 4.07. The molecule has 0 saturated heterocycles. The highest BCUT2D eigenvalue weighted by Gasteiger charge is 2.16. The zero-order valence-corrected chi connectivity index (χ0v) is 10.9. The third-order valence-corrected chi connectivity index (χ3v) is 3.55. The SMILES string of the molecule is CC1=CC(=O)C=C/C1=N/OS(=O)(=O)c1ccccc1. The molecule has 0 heterocycles. The molecule has 98 valence electrons. The van der Waals surface area contributed by atoms with Crippen molar-refractivity contribution in [3.05, 3.63) is 54.1 Å². The average Bonchev–Trinajstić information content (AvgIpc) is 2.39. The standard InChI is InChI=1S/C13H11NO4S/c1-10-9-11(15)7-8-13(10)14-18-19(16,17)12-5-3-2-4-6-12/h2-9H,1H3/b14-13-. The van der Waals surface area contributed by atoms with Crippen LogP contribution in [0.3, 0.4) is 0 Å². The summed E-state index contributed by atoms with van der Waals surface area (Å²) < 4.78 is 28.2. The predicted octanol–water partition coefficient (Wildman–Crippen LogP) is 1.83. The van der Waals surface area contributed by atoms with E-state index in [9.17, 15) is 13.2 Å². The van der Waals surface area contributed by atoms with Crippen LogP contribution in [0.1, 0.15) is 6.92 Å². The van der Waals surface area contributed by atoms with Gasteiger partial charge in [0.25, 0.3) is 0 Å². The second-order valence-corrected chi connectivity index (χ2v) is 5.41. The largest absolute Gasteiger partial charge is 0.358 e. The molecular weight excluding hydrogens is 266 g/mol. The number of carbonyl (C=O) groups excluding carboxylic acids is 1. The first-order valence-electron chi connectivity index (χ1n) is 5.46. The Bertz CT molecular complexity index is 685. The van der Waals surface area contributed by atoms with E-state index in [0.29, 0.717) is 11.3 Å². The maximum absolute atomic E-state index is 11.8. The first-order valence-corrected chi connectivity index (χ1v) is 6.87. The van der Waals surface area contributed by atoms with Gasteiger partial charge in [-0.15, -0.1) is 0 Å². The third-order valence-electron chi connectivity index (χ3n) is 2.43. The van der Waals surface area contributed by atoms with E-state index in [2.05, 4.69) is 9.44 Å². The minimum atomic E-state index is -3.93. The molecular formula is C13H11NO4S. The number of oxime groups is 1. The lowest BCUT2D eigenvalue weighted by Crippen LogP contribution is -2.09. The van der Waals surface area contributed by atoms with Crippen molar-refractivity contribution in [1.29, 1.82) is 0 Å². The Morgan fingerprint density at radius 3 is 2.42 bits per heavy atom. The lowest BCUT2D eigenvalue weighted by Gasteiger charge is -2.06. The smallest absolute Gasteiger partial charge is 0.290 e. The number of hydrogen-bond donors (Lipinski definition) is 0. The molecule has 5 nitrogen and oxygen atoms in total. The summed E-state index contributed by atoms with van der Waals surface area (Å²) in [6.45, 7) is 1.65. The molecule has 0 amide bonds. The van der Waals surface area contributed by atoms with Crippen molar-refractivity contribution >= 4 is 21.6 Å². The van der Waals surface area contributed by atoms with Gasteiger partial charge >= 0.3 is 10.1 Å². The van der Waals surface area contributed by atoms with Gasteiger partial charge in [0.05, 0.1) is 0 Å².